The molecule has 2 aliphatic rings. The van der Waals surface area contributed by atoms with Crippen molar-refractivity contribution in [3.8, 4) is 5.75 Å². The van der Waals surface area contributed by atoms with Gasteiger partial charge >= 0.3 is 0 Å². The molecule has 0 aliphatic carbocycles. The molecule has 8 heteroatoms. The molecule has 0 spiro atoms. The highest BCUT2D eigenvalue weighted by Crippen LogP contribution is 2.27. The Morgan fingerprint density at radius 2 is 1.67 bits per heavy atom. The van der Waals surface area contributed by atoms with Crippen LogP contribution < -0.4 is 10.2 Å². The molecule has 0 saturated carbocycles. The lowest BCUT2D eigenvalue weighted by molar-refractivity contribution is 0.0694. The van der Waals surface area contributed by atoms with Crippen molar-refractivity contribution in [2.24, 2.45) is 5.92 Å². The van der Waals surface area contributed by atoms with Gasteiger partial charge in [0, 0.05) is 48.7 Å². The largest absolute Gasteiger partial charge is 0.491 e. The van der Waals surface area contributed by atoms with E-state index in [0.29, 0.717) is 42.9 Å². The summed E-state index contributed by atoms with van der Waals surface area (Å²) in [7, 11) is 0. The quantitative estimate of drug-likeness (QED) is 0.678. The molecule has 7 nitrogen and oxygen atoms in total. The molecule has 0 atom stereocenters. The number of ether oxygens (including phenoxy) is 1. The van der Waals surface area contributed by atoms with Gasteiger partial charge in [0.15, 0.2) is 0 Å². The van der Waals surface area contributed by atoms with E-state index in [1.54, 1.807) is 45.0 Å². The molecule has 1 saturated heterocycles. The van der Waals surface area contributed by atoms with Gasteiger partial charge in [0.25, 0.3) is 11.8 Å². The Morgan fingerprint density at radius 1 is 1.03 bits per heavy atom. The fraction of sp³-hybridized carbons (Fsp3) is 0.480. The van der Waals surface area contributed by atoms with E-state index in [4.69, 9.17) is 16.3 Å². The van der Waals surface area contributed by atoms with Crippen LogP contribution in [0.25, 0.3) is 0 Å². The van der Waals surface area contributed by atoms with Crippen LogP contribution in [0.2, 0.25) is 5.02 Å². The number of piperidine rings is 1. The highest BCUT2D eigenvalue weighted by molar-refractivity contribution is 6.30. The van der Waals surface area contributed by atoms with Gasteiger partial charge in [-0.2, -0.15) is 0 Å². The lowest BCUT2D eigenvalue weighted by Crippen LogP contribution is -2.42. The van der Waals surface area contributed by atoms with Gasteiger partial charge in [-0.3, -0.25) is 14.4 Å². The number of nitrogens with zero attached hydrogens (tertiary/aromatic N) is 3. The summed E-state index contributed by atoms with van der Waals surface area (Å²) in [6.45, 7) is 8.24. The first-order valence-corrected chi connectivity index (χ1v) is 11.9. The minimum Gasteiger partial charge on any atom is -0.491 e. The van der Waals surface area contributed by atoms with E-state index in [2.05, 4.69) is 6.92 Å². The standard InChI is InChI=1S/C25H30ClN3O4/c1-16(2)29-14-20(24(31)27-8-6-17(3)7-9-27)23(30)21(15-29)25(32)28-10-11-33-22-5-4-19(26)12-18(22)13-28/h4-5,12,14-17H,6-11,13H2,1-3H3. The summed E-state index contributed by atoms with van der Waals surface area (Å²) in [5.41, 5.74) is 0.327. The van der Waals surface area contributed by atoms with Crippen LogP contribution in [0.1, 0.15) is 65.9 Å². The van der Waals surface area contributed by atoms with E-state index < -0.39 is 11.3 Å². The average Bonchev–Trinajstić information content (AvgIpc) is 3.00. The van der Waals surface area contributed by atoms with Crippen LogP contribution in [0.4, 0.5) is 0 Å². The SMILES string of the molecule is CC1CCN(C(=O)c2cn(C(C)C)cc(C(=O)N3CCOc4ccc(Cl)cc4C3)c2=O)CC1. The summed E-state index contributed by atoms with van der Waals surface area (Å²) in [5.74, 6) is 0.536. The van der Waals surface area contributed by atoms with Crippen LogP contribution in [0.15, 0.2) is 35.4 Å². The third-order valence-electron chi connectivity index (χ3n) is 6.46. The lowest BCUT2D eigenvalue weighted by atomic mass is 9.98. The minimum atomic E-state index is -0.517. The number of benzene rings is 1. The van der Waals surface area contributed by atoms with Crippen molar-refractivity contribution < 1.29 is 14.3 Å². The summed E-state index contributed by atoms with van der Waals surface area (Å²) in [6.07, 6.45) is 4.98. The fourth-order valence-corrected chi connectivity index (χ4v) is 4.48. The van der Waals surface area contributed by atoms with Gasteiger partial charge in [0.2, 0.25) is 5.43 Å². The van der Waals surface area contributed by atoms with Crippen molar-refractivity contribution in [2.75, 3.05) is 26.2 Å². The minimum absolute atomic E-state index is 0.00501. The molecule has 1 aromatic heterocycles. The first kappa shape index (κ1) is 23.4. The van der Waals surface area contributed by atoms with E-state index in [1.807, 2.05) is 13.8 Å². The van der Waals surface area contributed by atoms with Gasteiger partial charge in [-0.1, -0.05) is 18.5 Å². The van der Waals surface area contributed by atoms with Crippen molar-refractivity contribution in [3.63, 3.8) is 0 Å². The van der Waals surface area contributed by atoms with Crippen LogP contribution >= 0.6 is 11.6 Å². The van der Waals surface area contributed by atoms with E-state index in [1.165, 1.54) is 0 Å². The fourth-order valence-electron chi connectivity index (χ4n) is 4.29. The zero-order valence-corrected chi connectivity index (χ0v) is 20.1. The van der Waals surface area contributed by atoms with E-state index in [0.717, 1.165) is 18.4 Å². The summed E-state index contributed by atoms with van der Waals surface area (Å²) in [6, 6.07) is 5.29. The van der Waals surface area contributed by atoms with Gasteiger partial charge < -0.3 is 19.1 Å². The second-order valence-corrected chi connectivity index (χ2v) is 9.69. The summed E-state index contributed by atoms with van der Waals surface area (Å²) in [5, 5.41) is 0.553. The van der Waals surface area contributed by atoms with E-state index in [-0.39, 0.29) is 29.6 Å². The number of rotatable bonds is 3. The number of amides is 2. The molecule has 1 aromatic carbocycles. The first-order valence-electron chi connectivity index (χ1n) is 11.5. The zero-order chi connectivity index (χ0) is 23.7. The summed E-state index contributed by atoms with van der Waals surface area (Å²) in [4.78, 5) is 43.5. The van der Waals surface area contributed by atoms with Gasteiger partial charge in [-0.25, -0.2) is 0 Å². The summed E-state index contributed by atoms with van der Waals surface area (Å²) >= 11 is 6.14. The van der Waals surface area contributed by atoms with E-state index >= 15 is 0 Å². The Balaban J connectivity index is 1.68. The van der Waals surface area contributed by atoms with E-state index in [9.17, 15) is 14.4 Å². The topological polar surface area (TPSA) is 71.8 Å². The number of carbonyl (C=O) groups excluding carboxylic acids is 2. The molecular formula is C25H30ClN3O4. The van der Waals surface area contributed by atoms with Gasteiger partial charge in [-0.15, -0.1) is 0 Å². The Labute approximate surface area is 198 Å². The maximum Gasteiger partial charge on any atom is 0.259 e. The Bertz CT molecular complexity index is 1120. The number of aromatic nitrogens is 1. The Hall–Kier alpha value is -2.80. The van der Waals surface area contributed by atoms with Crippen LogP contribution in [-0.2, 0) is 6.54 Å². The molecule has 176 valence electrons. The van der Waals surface area contributed by atoms with Crippen molar-refractivity contribution in [3.05, 3.63) is 62.5 Å². The summed E-state index contributed by atoms with van der Waals surface area (Å²) < 4.78 is 7.54. The number of carbonyl (C=O) groups is 2. The molecule has 3 heterocycles. The second kappa shape index (κ2) is 9.59. The molecule has 2 aromatic rings. The predicted octanol–water partition coefficient (Wildman–Crippen LogP) is 3.99. The molecule has 0 radical (unpaired) electrons. The maximum atomic E-state index is 13.5. The number of fused-ring (bicyclic) bond motifs is 1. The van der Waals surface area contributed by atoms with Crippen molar-refractivity contribution in [1.82, 2.24) is 14.4 Å². The number of pyridine rings is 1. The van der Waals surface area contributed by atoms with Gasteiger partial charge in [0.1, 0.15) is 23.5 Å². The smallest absolute Gasteiger partial charge is 0.259 e. The molecule has 1 fully saturated rings. The van der Waals surface area contributed by atoms with Crippen LogP contribution in [0, 0.1) is 5.92 Å². The predicted molar refractivity (Wildman–Crippen MR) is 127 cm³/mol. The molecule has 0 N–H and O–H groups in total. The second-order valence-electron chi connectivity index (χ2n) is 9.26. The van der Waals surface area contributed by atoms with Crippen LogP contribution in [0.3, 0.4) is 0 Å². The molecule has 0 bridgehead atoms. The maximum absolute atomic E-state index is 13.5. The molecule has 0 unspecified atom stereocenters. The molecule has 2 amide bonds. The molecular weight excluding hydrogens is 442 g/mol. The number of hydrogen-bond donors (Lipinski definition) is 0. The number of likely N-dealkylation sites (tertiary alicyclic amines) is 1. The highest BCUT2D eigenvalue weighted by Gasteiger charge is 2.29. The van der Waals surface area contributed by atoms with Crippen molar-refractivity contribution in [1.29, 1.82) is 0 Å². The monoisotopic (exact) mass is 471 g/mol. The third-order valence-corrected chi connectivity index (χ3v) is 6.70. The van der Waals surface area contributed by atoms with Crippen LogP contribution in [-0.4, -0.2) is 52.4 Å². The number of hydrogen-bond acceptors (Lipinski definition) is 4. The first-order chi connectivity index (χ1) is 15.7. The molecule has 4 rings (SSSR count). The van der Waals surface area contributed by atoms with Crippen molar-refractivity contribution >= 4 is 23.4 Å². The normalized spacial score (nSPS) is 16.9. The zero-order valence-electron chi connectivity index (χ0n) is 19.3. The number of halogens is 1. The van der Waals surface area contributed by atoms with Crippen molar-refractivity contribution in [2.45, 2.75) is 46.2 Å². The average molecular weight is 472 g/mol. The Kier molecular flexibility index (Phi) is 6.79. The third kappa shape index (κ3) is 4.93. The van der Waals surface area contributed by atoms with Crippen LogP contribution in [0.5, 0.6) is 5.75 Å². The molecule has 2 aliphatic heterocycles. The van der Waals surface area contributed by atoms with Gasteiger partial charge in [-0.05, 0) is 50.8 Å². The molecule has 33 heavy (non-hydrogen) atoms. The lowest BCUT2D eigenvalue weighted by Gasteiger charge is -2.30. The van der Waals surface area contributed by atoms with Gasteiger partial charge in [0.05, 0.1) is 6.54 Å². The Morgan fingerprint density at radius 3 is 2.30 bits per heavy atom. The highest BCUT2D eigenvalue weighted by atomic mass is 35.5.